The Morgan fingerprint density at radius 2 is 1.61 bits per heavy atom. The van der Waals surface area contributed by atoms with Crippen LogP contribution in [0.15, 0.2) is 54.6 Å². The number of hydrogen-bond donors (Lipinski definition) is 1. The number of benzene rings is 2. The quantitative estimate of drug-likeness (QED) is 0.536. The van der Waals surface area contributed by atoms with Crippen LogP contribution in [0.1, 0.15) is 16.8 Å². The number of amides is 3. The molecule has 2 bridgehead atoms. The van der Waals surface area contributed by atoms with E-state index in [9.17, 15) is 14.4 Å². The summed E-state index contributed by atoms with van der Waals surface area (Å²) < 4.78 is 0. The predicted molar refractivity (Wildman–Crippen MR) is 118 cm³/mol. The summed E-state index contributed by atoms with van der Waals surface area (Å²) in [6.07, 6.45) is 5.41. The topological polar surface area (TPSA) is 66.5 Å². The molecule has 3 amide bonds. The van der Waals surface area contributed by atoms with E-state index in [2.05, 4.69) is 17.5 Å². The molecule has 2 saturated carbocycles. The molecular formula is C24H18Cl2N2O3. The summed E-state index contributed by atoms with van der Waals surface area (Å²) in [5, 5.41) is 3.55. The van der Waals surface area contributed by atoms with Crippen molar-refractivity contribution in [3.8, 4) is 0 Å². The second kappa shape index (κ2) is 6.68. The molecular weight excluding hydrogens is 435 g/mol. The third-order valence-corrected chi connectivity index (χ3v) is 7.77. The molecule has 5 aliphatic rings. The zero-order chi connectivity index (χ0) is 21.4. The van der Waals surface area contributed by atoms with Crippen LogP contribution in [-0.4, -0.2) is 17.7 Å². The van der Waals surface area contributed by atoms with Gasteiger partial charge in [0.05, 0.1) is 28.2 Å². The minimum absolute atomic E-state index is 0.143. The highest BCUT2D eigenvalue weighted by atomic mass is 35.5. The smallest absolute Gasteiger partial charge is 0.255 e. The van der Waals surface area contributed by atoms with Gasteiger partial charge in [0.15, 0.2) is 0 Å². The SMILES string of the molecule is O=C(Nc1cc(Cl)ccc1Cl)c1cccc(N2C(=O)[C@@H]3[C@H]4C=C[C@@H]([C@@H]5C[C@H]45)[C@H]3C2=O)c1. The fourth-order valence-corrected chi connectivity index (χ4v) is 6.12. The molecule has 1 N–H and O–H groups in total. The van der Waals surface area contributed by atoms with E-state index in [0.29, 0.717) is 38.8 Å². The molecule has 7 heteroatoms. The van der Waals surface area contributed by atoms with Gasteiger partial charge in [-0.05, 0) is 66.5 Å². The van der Waals surface area contributed by atoms with Crippen LogP contribution in [0.5, 0.6) is 0 Å². The van der Waals surface area contributed by atoms with Crippen molar-refractivity contribution in [1.29, 1.82) is 0 Å². The lowest BCUT2D eigenvalue weighted by molar-refractivity contribution is -0.124. The number of carbonyl (C=O) groups is 3. The van der Waals surface area contributed by atoms with Gasteiger partial charge in [0.25, 0.3) is 5.91 Å². The van der Waals surface area contributed by atoms with Gasteiger partial charge in [0, 0.05) is 10.6 Å². The molecule has 2 aromatic rings. The number of nitrogens with one attached hydrogen (secondary N) is 1. The summed E-state index contributed by atoms with van der Waals surface area (Å²) in [5.74, 6) is 0.203. The van der Waals surface area contributed by atoms with E-state index < -0.39 is 5.91 Å². The van der Waals surface area contributed by atoms with Crippen molar-refractivity contribution in [2.24, 2.45) is 35.5 Å². The molecule has 156 valence electrons. The maximum absolute atomic E-state index is 13.3. The Kier molecular flexibility index (Phi) is 4.11. The number of halogens is 2. The summed E-state index contributed by atoms with van der Waals surface area (Å²) >= 11 is 12.1. The van der Waals surface area contributed by atoms with Gasteiger partial charge in [0.1, 0.15) is 0 Å². The van der Waals surface area contributed by atoms with Crippen LogP contribution in [0.3, 0.4) is 0 Å². The number of allylic oxidation sites excluding steroid dienone is 2. The van der Waals surface area contributed by atoms with Gasteiger partial charge >= 0.3 is 0 Å². The Hall–Kier alpha value is -2.63. The maximum atomic E-state index is 13.3. The van der Waals surface area contributed by atoms with E-state index in [1.165, 1.54) is 4.90 Å². The van der Waals surface area contributed by atoms with Crippen molar-refractivity contribution in [3.05, 3.63) is 70.2 Å². The van der Waals surface area contributed by atoms with Crippen molar-refractivity contribution in [2.75, 3.05) is 10.2 Å². The lowest BCUT2D eigenvalue weighted by Crippen LogP contribution is -2.40. The van der Waals surface area contributed by atoms with Gasteiger partial charge in [-0.3, -0.25) is 14.4 Å². The third kappa shape index (κ3) is 2.80. The zero-order valence-electron chi connectivity index (χ0n) is 16.3. The van der Waals surface area contributed by atoms with Gasteiger partial charge in [-0.15, -0.1) is 0 Å². The normalized spacial score (nSPS) is 32.1. The van der Waals surface area contributed by atoms with Crippen LogP contribution >= 0.6 is 23.2 Å². The molecule has 6 atom stereocenters. The molecule has 4 aliphatic carbocycles. The molecule has 0 radical (unpaired) electrons. The van der Waals surface area contributed by atoms with Crippen LogP contribution in [0.4, 0.5) is 11.4 Å². The highest BCUT2D eigenvalue weighted by Gasteiger charge is 2.67. The zero-order valence-corrected chi connectivity index (χ0v) is 17.8. The first-order chi connectivity index (χ1) is 14.9. The number of carbonyl (C=O) groups excluding carboxylic acids is 3. The van der Waals surface area contributed by atoms with Gasteiger partial charge in [0.2, 0.25) is 11.8 Å². The van der Waals surface area contributed by atoms with Gasteiger partial charge in [-0.1, -0.05) is 41.4 Å². The van der Waals surface area contributed by atoms with E-state index in [4.69, 9.17) is 23.2 Å². The fraction of sp³-hybridized carbons (Fsp3) is 0.292. The van der Waals surface area contributed by atoms with Crippen LogP contribution in [0.25, 0.3) is 0 Å². The number of rotatable bonds is 3. The minimum Gasteiger partial charge on any atom is -0.321 e. The Labute approximate surface area is 189 Å². The number of nitrogens with zero attached hydrogens (tertiary/aromatic N) is 1. The molecule has 7 rings (SSSR count). The van der Waals surface area contributed by atoms with Crippen molar-refractivity contribution >= 4 is 52.3 Å². The van der Waals surface area contributed by atoms with Gasteiger partial charge < -0.3 is 5.32 Å². The van der Waals surface area contributed by atoms with Crippen molar-refractivity contribution in [3.63, 3.8) is 0 Å². The summed E-state index contributed by atoms with van der Waals surface area (Å²) in [6.45, 7) is 0. The van der Waals surface area contributed by atoms with Crippen molar-refractivity contribution < 1.29 is 14.4 Å². The molecule has 31 heavy (non-hydrogen) atoms. The first-order valence-electron chi connectivity index (χ1n) is 10.4. The Morgan fingerprint density at radius 1 is 0.935 bits per heavy atom. The van der Waals surface area contributed by atoms with E-state index in [1.54, 1.807) is 42.5 Å². The fourth-order valence-electron chi connectivity index (χ4n) is 5.79. The molecule has 1 aliphatic heterocycles. The van der Waals surface area contributed by atoms with Crippen LogP contribution in [0.2, 0.25) is 10.0 Å². The average Bonchev–Trinajstić information content (AvgIpc) is 3.54. The Morgan fingerprint density at radius 3 is 2.29 bits per heavy atom. The highest BCUT2D eigenvalue weighted by Crippen LogP contribution is 2.65. The molecule has 0 unspecified atom stereocenters. The molecule has 1 saturated heterocycles. The Balaban J connectivity index is 1.29. The molecule has 1 heterocycles. The van der Waals surface area contributed by atoms with E-state index in [0.717, 1.165) is 6.42 Å². The van der Waals surface area contributed by atoms with E-state index >= 15 is 0 Å². The molecule has 3 fully saturated rings. The van der Waals surface area contributed by atoms with E-state index in [1.807, 2.05) is 0 Å². The van der Waals surface area contributed by atoms with Crippen LogP contribution < -0.4 is 10.2 Å². The molecule has 5 nitrogen and oxygen atoms in total. The summed E-state index contributed by atoms with van der Waals surface area (Å²) in [4.78, 5) is 40.7. The number of anilines is 2. The average molecular weight is 453 g/mol. The number of hydrogen-bond acceptors (Lipinski definition) is 3. The number of imide groups is 1. The lowest BCUT2D eigenvalue weighted by atomic mass is 9.63. The third-order valence-electron chi connectivity index (χ3n) is 7.21. The molecule has 0 aromatic heterocycles. The van der Waals surface area contributed by atoms with Crippen LogP contribution in [-0.2, 0) is 9.59 Å². The highest BCUT2D eigenvalue weighted by molar-refractivity contribution is 6.36. The summed E-state index contributed by atoms with van der Waals surface area (Å²) in [6, 6.07) is 11.4. The second-order valence-electron chi connectivity index (χ2n) is 8.80. The van der Waals surface area contributed by atoms with Gasteiger partial charge in [-0.25, -0.2) is 4.90 Å². The van der Waals surface area contributed by atoms with Crippen molar-refractivity contribution in [2.45, 2.75) is 6.42 Å². The predicted octanol–water partition coefficient (Wildman–Crippen LogP) is 4.80. The van der Waals surface area contributed by atoms with E-state index in [-0.39, 0.29) is 35.5 Å². The van der Waals surface area contributed by atoms with Crippen LogP contribution in [0, 0.1) is 35.5 Å². The Bertz CT molecular complexity index is 1160. The molecule has 0 spiro atoms. The standard InChI is InChI=1S/C24H18Cl2N2O3/c25-12-4-7-18(26)19(9-12)27-22(29)11-2-1-3-13(8-11)28-23(30)20-14-5-6-15(17-10-16(14)17)21(20)24(28)31/h1-9,14-17,20-21H,10H2,(H,27,29)/t14-,15-,16-,17+,20+,21+/m0/s1. The second-order valence-corrected chi connectivity index (χ2v) is 9.64. The first-order valence-corrected chi connectivity index (χ1v) is 11.1. The first kappa shape index (κ1) is 19.1. The molecule has 2 aromatic carbocycles. The maximum Gasteiger partial charge on any atom is 0.255 e. The summed E-state index contributed by atoms with van der Waals surface area (Å²) in [7, 11) is 0. The van der Waals surface area contributed by atoms with Crippen molar-refractivity contribution in [1.82, 2.24) is 0 Å². The minimum atomic E-state index is -0.398. The summed E-state index contributed by atoms with van der Waals surface area (Å²) in [5.41, 5.74) is 1.15. The lowest BCUT2D eigenvalue weighted by Gasteiger charge is -2.37. The largest absolute Gasteiger partial charge is 0.321 e. The monoisotopic (exact) mass is 452 g/mol. The van der Waals surface area contributed by atoms with Gasteiger partial charge in [-0.2, -0.15) is 0 Å².